The van der Waals surface area contributed by atoms with Gasteiger partial charge >= 0.3 is 0 Å². The number of aliphatic hydroxyl groups is 1. The van der Waals surface area contributed by atoms with E-state index in [2.05, 4.69) is 47.7 Å². The van der Waals surface area contributed by atoms with E-state index in [1.165, 1.54) is 0 Å². The molecule has 2 aliphatic carbocycles. The molecule has 1 N–H and O–H groups in total. The first-order chi connectivity index (χ1) is 20.3. The summed E-state index contributed by atoms with van der Waals surface area (Å²) in [5.41, 5.74) is -0.831. The van der Waals surface area contributed by atoms with E-state index in [1.54, 1.807) is 24.3 Å². The Morgan fingerprint density at radius 1 is 0.977 bits per heavy atom. The number of rotatable bonds is 11. The molecule has 1 saturated heterocycles. The molecule has 8 unspecified atom stereocenters. The highest BCUT2D eigenvalue weighted by molar-refractivity contribution is 7.92. The largest absolute Gasteiger partial charge is 0.414 e. The highest BCUT2D eigenvalue weighted by Crippen LogP contribution is 2.60. The van der Waals surface area contributed by atoms with Crippen molar-refractivity contribution in [3.05, 3.63) is 30.3 Å². The zero-order valence-corrected chi connectivity index (χ0v) is 31.1. The smallest absolute Gasteiger partial charge is 0.192 e. The quantitative estimate of drug-likeness (QED) is 0.242. The topological polar surface area (TPSA) is 82.1 Å². The lowest BCUT2D eigenvalue weighted by molar-refractivity contribution is -0.229. The normalized spacial score (nSPS) is 31.6. The lowest BCUT2D eigenvalue weighted by Gasteiger charge is -2.51. The van der Waals surface area contributed by atoms with Gasteiger partial charge in [-0.05, 0) is 112 Å². The van der Waals surface area contributed by atoms with Crippen LogP contribution in [0.5, 0.6) is 0 Å². The molecule has 0 aromatic heterocycles. The molecule has 9 atom stereocenters. The maximum atomic E-state index is 14.5. The second-order valence-electron chi connectivity index (χ2n) is 16.6. The fourth-order valence-electron chi connectivity index (χ4n) is 8.42. The Morgan fingerprint density at radius 2 is 1.64 bits per heavy atom. The fourth-order valence-corrected chi connectivity index (χ4v) is 12.1. The van der Waals surface area contributed by atoms with Crippen LogP contribution in [0, 0.1) is 29.1 Å². The van der Waals surface area contributed by atoms with Gasteiger partial charge in [0.25, 0.3) is 0 Å². The van der Waals surface area contributed by atoms with Gasteiger partial charge in [-0.1, -0.05) is 66.2 Å². The maximum absolute atomic E-state index is 14.5. The van der Waals surface area contributed by atoms with Gasteiger partial charge in [0.15, 0.2) is 24.4 Å². The first kappa shape index (κ1) is 36.1. The van der Waals surface area contributed by atoms with Crippen molar-refractivity contribution in [1.82, 2.24) is 0 Å². The Kier molecular flexibility index (Phi) is 11.0. The minimum atomic E-state index is -3.89. The molecule has 4 rings (SSSR count). The molecule has 1 aromatic rings. The van der Waals surface area contributed by atoms with Gasteiger partial charge in [-0.2, -0.15) is 0 Å². The second kappa shape index (κ2) is 13.4. The summed E-state index contributed by atoms with van der Waals surface area (Å²) in [7, 11) is -5.83. The molecule has 6 nitrogen and oxygen atoms in total. The van der Waals surface area contributed by atoms with E-state index in [1.807, 2.05) is 26.8 Å². The molecule has 3 fully saturated rings. The average Bonchev–Trinajstić information content (AvgIpc) is 3.30. The van der Waals surface area contributed by atoms with Crippen LogP contribution in [-0.2, 0) is 23.7 Å². The van der Waals surface area contributed by atoms with Gasteiger partial charge in [0.1, 0.15) is 0 Å². The number of hydrogen-bond donors (Lipinski definition) is 1. The Morgan fingerprint density at radius 3 is 2.23 bits per heavy atom. The summed E-state index contributed by atoms with van der Waals surface area (Å²) in [5.74, 6) is -0.0550. The predicted molar refractivity (Wildman–Crippen MR) is 181 cm³/mol. The monoisotopic (exact) mass is 650 g/mol. The van der Waals surface area contributed by atoms with Gasteiger partial charge in [0.2, 0.25) is 0 Å². The molecule has 8 heteroatoms. The van der Waals surface area contributed by atoms with Crippen molar-refractivity contribution < 1.29 is 27.4 Å². The number of hydrogen-bond acceptors (Lipinski definition) is 6. The Hall–Kier alpha value is -0.773. The van der Waals surface area contributed by atoms with Crippen LogP contribution in [0.25, 0.3) is 0 Å². The molecule has 0 spiro atoms. The van der Waals surface area contributed by atoms with Crippen LogP contribution in [0.1, 0.15) is 107 Å². The van der Waals surface area contributed by atoms with E-state index < -0.39 is 41.0 Å². The first-order valence-corrected chi connectivity index (χ1v) is 21.7. The van der Waals surface area contributed by atoms with Gasteiger partial charge in [0, 0.05) is 18.6 Å². The third-order valence-corrected chi connectivity index (χ3v) is 19.3. The van der Waals surface area contributed by atoms with Crippen molar-refractivity contribution in [1.29, 1.82) is 0 Å². The summed E-state index contributed by atoms with van der Waals surface area (Å²) in [6, 6.07) is 8.65. The van der Waals surface area contributed by atoms with Gasteiger partial charge in [-0.25, -0.2) is 8.42 Å². The van der Waals surface area contributed by atoms with E-state index >= 15 is 0 Å². The van der Waals surface area contributed by atoms with Crippen LogP contribution in [0.4, 0.5) is 0 Å². The van der Waals surface area contributed by atoms with E-state index in [0.29, 0.717) is 12.5 Å². The standard InChI is InChI=1S/C36H62O6SSi/c1-25(28-21-22-29-30(19-16-23-36(28,29)8)42-44(9,10)34(3,4)5)32(37)33(43(38,39)27-17-12-11-13-18-27)26(2)35(6,7)41-31-20-14-15-24-40-31/h11-13,17-18,25-26,28-33,37H,14-16,19-24H2,1-10H3/t25?,26-,28?,29?,30?,31?,32?,33?,36?/m1/s1. The lowest BCUT2D eigenvalue weighted by atomic mass is 9.61. The van der Waals surface area contributed by atoms with Gasteiger partial charge in [0.05, 0.1) is 21.9 Å². The zero-order chi connectivity index (χ0) is 32.7. The molecule has 0 bridgehead atoms. The lowest BCUT2D eigenvalue weighted by Crippen LogP contribution is -2.54. The summed E-state index contributed by atoms with van der Waals surface area (Å²) < 4.78 is 48.4. The van der Waals surface area contributed by atoms with Gasteiger partial charge in [-0.15, -0.1) is 0 Å². The highest BCUT2D eigenvalue weighted by Gasteiger charge is 2.57. The Bertz CT molecular complexity index is 1190. The first-order valence-electron chi connectivity index (χ1n) is 17.3. The minimum absolute atomic E-state index is 0.00205. The molecule has 0 amide bonds. The van der Waals surface area contributed by atoms with Crippen LogP contribution >= 0.6 is 0 Å². The van der Waals surface area contributed by atoms with Crippen molar-refractivity contribution in [2.75, 3.05) is 6.61 Å². The number of sulfone groups is 1. The SMILES string of the molecule is CC(C(O)C([C@@H](C)C(C)(C)OC1CCCCO1)S(=O)(=O)c1ccccc1)C1CCC2C(O[Si](C)(C)C(C)(C)C)CCCC21C. The van der Waals surface area contributed by atoms with Crippen LogP contribution in [-0.4, -0.2) is 57.8 Å². The Labute approximate surface area is 270 Å². The number of benzene rings is 1. The van der Waals surface area contributed by atoms with Crippen molar-refractivity contribution >= 4 is 18.2 Å². The molecule has 252 valence electrons. The third-order valence-electron chi connectivity index (χ3n) is 12.5. The molecule has 1 heterocycles. The number of fused-ring (bicyclic) bond motifs is 1. The second-order valence-corrected chi connectivity index (χ2v) is 23.4. The molecular weight excluding hydrogens is 589 g/mol. The molecule has 2 saturated carbocycles. The third kappa shape index (κ3) is 7.20. The number of aliphatic hydroxyl groups excluding tert-OH is 1. The van der Waals surface area contributed by atoms with Crippen LogP contribution in [0.3, 0.4) is 0 Å². The molecule has 44 heavy (non-hydrogen) atoms. The van der Waals surface area contributed by atoms with Crippen molar-refractivity contribution in [2.24, 2.45) is 29.1 Å². The predicted octanol–water partition coefficient (Wildman–Crippen LogP) is 8.39. The van der Waals surface area contributed by atoms with Crippen molar-refractivity contribution in [3.8, 4) is 0 Å². The fraction of sp³-hybridized carbons (Fsp3) is 0.833. The van der Waals surface area contributed by atoms with Crippen LogP contribution in [0.2, 0.25) is 18.1 Å². The van der Waals surface area contributed by atoms with Gasteiger partial charge < -0.3 is 19.0 Å². The van der Waals surface area contributed by atoms with Crippen molar-refractivity contribution in [2.45, 2.75) is 159 Å². The minimum Gasteiger partial charge on any atom is -0.414 e. The van der Waals surface area contributed by atoms with Gasteiger partial charge in [-0.3, -0.25) is 0 Å². The Balaban J connectivity index is 1.64. The van der Waals surface area contributed by atoms with E-state index in [-0.39, 0.29) is 39.6 Å². The average molecular weight is 651 g/mol. The van der Waals surface area contributed by atoms with E-state index in [4.69, 9.17) is 13.9 Å². The highest BCUT2D eigenvalue weighted by atomic mass is 32.2. The van der Waals surface area contributed by atoms with Crippen LogP contribution < -0.4 is 0 Å². The maximum Gasteiger partial charge on any atom is 0.192 e. The van der Waals surface area contributed by atoms with Crippen molar-refractivity contribution in [3.63, 3.8) is 0 Å². The molecule has 3 aliphatic rings. The summed E-state index contributed by atoms with van der Waals surface area (Å²) in [5, 5.41) is 11.5. The summed E-state index contributed by atoms with van der Waals surface area (Å²) in [6.07, 6.45) is 7.01. The number of ether oxygens (including phenoxy) is 2. The molecular formula is C36H62O6SSi. The molecule has 0 radical (unpaired) electrons. The van der Waals surface area contributed by atoms with Crippen LogP contribution in [0.15, 0.2) is 35.2 Å². The molecule has 1 aliphatic heterocycles. The van der Waals surface area contributed by atoms with E-state index in [9.17, 15) is 13.5 Å². The zero-order valence-electron chi connectivity index (χ0n) is 29.3. The summed E-state index contributed by atoms with van der Waals surface area (Å²) in [6.45, 7) is 22.6. The molecule has 1 aromatic carbocycles. The summed E-state index contributed by atoms with van der Waals surface area (Å²) in [4.78, 5) is 0.254. The summed E-state index contributed by atoms with van der Waals surface area (Å²) >= 11 is 0. The van der Waals surface area contributed by atoms with E-state index in [0.717, 1.165) is 51.4 Å².